The van der Waals surface area contributed by atoms with E-state index in [4.69, 9.17) is 23.2 Å². The summed E-state index contributed by atoms with van der Waals surface area (Å²) in [6.45, 7) is 6.51. The average molecular weight is 399 g/mol. The molecule has 0 aliphatic rings. The van der Waals surface area contributed by atoms with Crippen molar-refractivity contribution in [2.75, 3.05) is 7.05 Å². The topological polar surface area (TPSA) is 81.3 Å². The lowest BCUT2D eigenvalue weighted by molar-refractivity contribution is -0.384. The molecule has 7 nitrogen and oxygen atoms in total. The van der Waals surface area contributed by atoms with E-state index in [-0.39, 0.29) is 23.3 Å². The summed E-state index contributed by atoms with van der Waals surface area (Å²) in [5.74, 6) is 0.0150. The summed E-state index contributed by atoms with van der Waals surface area (Å²) in [5, 5.41) is 15.9. The van der Waals surface area contributed by atoms with E-state index in [9.17, 15) is 14.9 Å². The van der Waals surface area contributed by atoms with Gasteiger partial charge in [0.05, 0.1) is 16.2 Å². The summed E-state index contributed by atoms with van der Waals surface area (Å²) < 4.78 is 1.61. The second-order valence-corrected chi connectivity index (χ2v) is 7.29. The first-order chi connectivity index (χ1) is 12.1. The molecule has 0 saturated heterocycles. The van der Waals surface area contributed by atoms with Crippen molar-refractivity contribution in [3.63, 3.8) is 0 Å². The number of nitro benzene ring substituents is 1. The van der Waals surface area contributed by atoms with Crippen LogP contribution in [0.15, 0.2) is 18.2 Å². The molecule has 0 N–H and O–H groups in total. The number of nitro groups is 1. The fraction of sp³-hybridized carbons (Fsp3) is 0.412. The molecule has 140 valence electrons. The van der Waals surface area contributed by atoms with Crippen molar-refractivity contribution in [2.45, 2.75) is 33.9 Å². The molecule has 0 aliphatic carbocycles. The predicted octanol–water partition coefficient (Wildman–Crippen LogP) is 4.33. The molecule has 0 aliphatic heterocycles. The highest BCUT2D eigenvalue weighted by Crippen LogP contribution is 2.26. The van der Waals surface area contributed by atoms with E-state index in [1.165, 1.54) is 23.1 Å². The molecule has 0 atom stereocenters. The summed E-state index contributed by atoms with van der Waals surface area (Å²) in [6.07, 6.45) is 0. The number of carbonyl (C=O) groups excluding carboxylic acids is 1. The number of hydrogen-bond donors (Lipinski definition) is 0. The molecular formula is C17H20Cl2N4O3. The Balaban J connectivity index is 2.27. The van der Waals surface area contributed by atoms with Gasteiger partial charge in [-0.3, -0.25) is 19.6 Å². The van der Waals surface area contributed by atoms with Crippen LogP contribution >= 0.6 is 23.2 Å². The van der Waals surface area contributed by atoms with Crippen molar-refractivity contribution in [3.8, 4) is 0 Å². The quantitative estimate of drug-likeness (QED) is 0.535. The minimum Gasteiger partial charge on any atom is -0.337 e. The van der Waals surface area contributed by atoms with Crippen molar-refractivity contribution in [3.05, 3.63) is 55.3 Å². The van der Waals surface area contributed by atoms with Gasteiger partial charge < -0.3 is 4.90 Å². The molecule has 0 saturated carbocycles. The Kier molecular flexibility index (Phi) is 6.26. The van der Waals surface area contributed by atoms with Crippen molar-refractivity contribution >= 4 is 34.8 Å². The van der Waals surface area contributed by atoms with Gasteiger partial charge in [-0.1, -0.05) is 37.0 Å². The lowest BCUT2D eigenvalue weighted by atomic mass is 10.1. The minimum absolute atomic E-state index is 0.0794. The number of aromatic nitrogens is 2. The third-order valence-electron chi connectivity index (χ3n) is 3.81. The van der Waals surface area contributed by atoms with Gasteiger partial charge in [-0.05, 0) is 24.5 Å². The van der Waals surface area contributed by atoms with Crippen LogP contribution in [-0.2, 0) is 13.1 Å². The molecule has 9 heteroatoms. The molecule has 0 fully saturated rings. The van der Waals surface area contributed by atoms with Gasteiger partial charge in [0.1, 0.15) is 5.15 Å². The van der Waals surface area contributed by atoms with Crippen LogP contribution in [0.1, 0.15) is 35.5 Å². The Labute approximate surface area is 161 Å². The first kappa shape index (κ1) is 20.2. The fourth-order valence-corrected chi connectivity index (χ4v) is 3.08. The van der Waals surface area contributed by atoms with Crippen LogP contribution in [0.2, 0.25) is 10.2 Å². The van der Waals surface area contributed by atoms with Crippen LogP contribution in [0.3, 0.4) is 0 Å². The van der Waals surface area contributed by atoms with Gasteiger partial charge in [-0.2, -0.15) is 5.10 Å². The first-order valence-electron chi connectivity index (χ1n) is 8.03. The zero-order valence-electron chi connectivity index (χ0n) is 15.0. The van der Waals surface area contributed by atoms with Crippen molar-refractivity contribution in [1.82, 2.24) is 14.7 Å². The molecule has 0 spiro atoms. The molecule has 1 aromatic carbocycles. The van der Waals surface area contributed by atoms with Crippen LogP contribution in [-0.4, -0.2) is 32.6 Å². The maximum atomic E-state index is 12.8. The highest BCUT2D eigenvalue weighted by molar-refractivity contribution is 6.33. The molecule has 1 aromatic heterocycles. The van der Waals surface area contributed by atoms with Crippen LogP contribution in [0.5, 0.6) is 0 Å². The highest BCUT2D eigenvalue weighted by Gasteiger charge is 2.24. The lowest BCUT2D eigenvalue weighted by Gasteiger charge is -2.18. The smallest absolute Gasteiger partial charge is 0.269 e. The Hall–Kier alpha value is -2.12. The van der Waals surface area contributed by atoms with E-state index in [0.717, 1.165) is 0 Å². The standard InChI is InChI=1S/C17H20Cl2N4O3/c1-10(2)8-22-16(19)15(11(3)20-22)17(24)21(4)9-12-7-13(23(25)26)5-6-14(12)18/h5-7,10H,8-9H2,1-4H3. The van der Waals surface area contributed by atoms with Gasteiger partial charge in [0.25, 0.3) is 11.6 Å². The summed E-state index contributed by atoms with van der Waals surface area (Å²) in [5.41, 5.74) is 1.28. The number of hydrogen-bond acceptors (Lipinski definition) is 4. The largest absolute Gasteiger partial charge is 0.337 e. The third kappa shape index (κ3) is 4.34. The Morgan fingerprint density at radius 1 is 1.38 bits per heavy atom. The van der Waals surface area contributed by atoms with Crippen LogP contribution in [0.4, 0.5) is 5.69 Å². The molecular weight excluding hydrogens is 379 g/mol. The first-order valence-corrected chi connectivity index (χ1v) is 8.78. The van der Waals surface area contributed by atoms with E-state index in [2.05, 4.69) is 5.10 Å². The molecule has 0 bridgehead atoms. The number of amides is 1. The molecule has 1 heterocycles. The number of benzene rings is 1. The number of carbonyl (C=O) groups is 1. The zero-order chi connectivity index (χ0) is 19.6. The van der Waals surface area contributed by atoms with Crippen LogP contribution in [0, 0.1) is 23.0 Å². The monoisotopic (exact) mass is 398 g/mol. The number of rotatable bonds is 6. The van der Waals surface area contributed by atoms with E-state index in [1.807, 2.05) is 13.8 Å². The molecule has 0 radical (unpaired) electrons. The molecule has 1 amide bonds. The summed E-state index contributed by atoms with van der Waals surface area (Å²) in [4.78, 5) is 24.7. The number of nitrogens with zero attached hydrogens (tertiary/aromatic N) is 4. The maximum Gasteiger partial charge on any atom is 0.269 e. The van der Waals surface area contributed by atoms with Gasteiger partial charge in [0.2, 0.25) is 0 Å². The molecule has 2 aromatic rings. The van der Waals surface area contributed by atoms with Crippen LogP contribution in [0.25, 0.3) is 0 Å². The minimum atomic E-state index is -0.501. The van der Waals surface area contributed by atoms with Gasteiger partial charge in [0, 0.05) is 37.3 Å². The summed E-state index contributed by atoms with van der Waals surface area (Å²) in [6, 6.07) is 4.14. The number of non-ortho nitro benzene ring substituents is 1. The van der Waals surface area contributed by atoms with Crippen molar-refractivity contribution < 1.29 is 9.72 Å². The van der Waals surface area contributed by atoms with Crippen molar-refractivity contribution in [2.24, 2.45) is 5.92 Å². The Morgan fingerprint density at radius 2 is 2.04 bits per heavy atom. The summed E-state index contributed by atoms with van der Waals surface area (Å²) >= 11 is 12.5. The lowest BCUT2D eigenvalue weighted by Crippen LogP contribution is -2.27. The number of aryl methyl sites for hydroxylation is 1. The third-order valence-corrected chi connectivity index (χ3v) is 4.56. The van der Waals surface area contributed by atoms with Gasteiger partial charge >= 0.3 is 0 Å². The Morgan fingerprint density at radius 3 is 2.62 bits per heavy atom. The SMILES string of the molecule is Cc1nn(CC(C)C)c(Cl)c1C(=O)N(C)Cc1cc([N+](=O)[O-])ccc1Cl. The van der Waals surface area contributed by atoms with Gasteiger partial charge in [0.15, 0.2) is 0 Å². The number of halogens is 2. The second kappa shape index (κ2) is 8.05. The van der Waals surface area contributed by atoms with Crippen molar-refractivity contribution in [1.29, 1.82) is 0 Å². The maximum absolute atomic E-state index is 12.8. The Bertz CT molecular complexity index is 849. The van der Waals surface area contributed by atoms with Gasteiger partial charge in [-0.15, -0.1) is 0 Å². The van der Waals surface area contributed by atoms with E-state index in [0.29, 0.717) is 34.3 Å². The normalized spacial score (nSPS) is 11.0. The molecule has 2 rings (SSSR count). The van der Waals surface area contributed by atoms with E-state index >= 15 is 0 Å². The molecule has 0 unspecified atom stereocenters. The van der Waals surface area contributed by atoms with Gasteiger partial charge in [-0.25, -0.2) is 0 Å². The zero-order valence-corrected chi connectivity index (χ0v) is 16.5. The second-order valence-electron chi connectivity index (χ2n) is 6.52. The highest BCUT2D eigenvalue weighted by atomic mass is 35.5. The average Bonchev–Trinajstić information content (AvgIpc) is 2.81. The predicted molar refractivity (Wildman–Crippen MR) is 101 cm³/mol. The summed E-state index contributed by atoms with van der Waals surface area (Å²) in [7, 11) is 1.59. The fourth-order valence-electron chi connectivity index (χ4n) is 2.58. The van der Waals surface area contributed by atoms with Crippen LogP contribution < -0.4 is 0 Å². The van der Waals surface area contributed by atoms with E-state index < -0.39 is 4.92 Å². The van der Waals surface area contributed by atoms with E-state index in [1.54, 1.807) is 18.7 Å². The molecule has 26 heavy (non-hydrogen) atoms.